The maximum atomic E-state index is 12.8. The average molecular weight is 386 g/mol. The third-order valence-corrected chi connectivity index (χ3v) is 5.56. The highest BCUT2D eigenvalue weighted by atomic mass is 32.2. The predicted molar refractivity (Wildman–Crippen MR) is 90.4 cm³/mol. The van der Waals surface area contributed by atoms with Crippen LogP contribution in [0.15, 0.2) is 24.3 Å². The Hall–Kier alpha value is -2.49. The fraction of sp³-hybridized carbons (Fsp3) is 0.438. The predicted octanol–water partition coefficient (Wildman–Crippen LogP) is 0.248. The van der Waals surface area contributed by atoms with Crippen LogP contribution >= 0.6 is 0 Å². The first-order chi connectivity index (χ1) is 12.2. The maximum absolute atomic E-state index is 12.8. The van der Waals surface area contributed by atoms with Gasteiger partial charge in [-0.3, -0.25) is 14.4 Å². The molecule has 1 fully saturated rings. The zero-order valence-electron chi connectivity index (χ0n) is 13.9. The van der Waals surface area contributed by atoms with Crippen LogP contribution in [0.25, 0.3) is 0 Å². The number of carbonyl (C=O) groups excluding carboxylic acids is 3. The number of benzene rings is 1. The molecule has 0 aliphatic carbocycles. The lowest BCUT2D eigenvalue weighted by atomic mass is 10.1. The van der Waals surface area contributed by atoms with Crippen molar-refractivity contribution in [2.24, 2.45) is 5.92 Å². The van der Waals surface area contributed by atoms with Crippen molar-refractivity contribution >= 4 is 33.3 Å². The normalized spacial score (nSPS) is 18.1. The fourth-order valence-electron chi connectivity index (χ4n) is 2.44. The minimum absolute atomic E-state index is 0.0438. The van der Waals surface area contributed by atoms with E-state index in [2.05, 4.69) is 10.6 Å². The largest absolute Gasteiger partial charge is 0.456 e. The van der Waals surface area contributed by atoms with Crippen molar-refractivity contribution in [2.45, 2.75) is 12.8 Å². The topological polar surface area (TPSA) is 119 Å². The van der Waals surface area contributed by atoms with E-state index in [1.54, 1.807) is 0 Å². The number of rotatable bonds is 7. The number of sulfone groups is 1. The number of anilines is 1. The Morgan fingerprint density at radius 3 is 2.46 bits per heavy atom. The van der Waals surface area contributed by atoms with E-state index in [4.69, 9.17) is 4.74 Å². The van der Waals surface area contributed by atoms with Crippen molar-refractivity contribution in [1.82, 2.24) is 5.32 Å². The quantitative estimate of drug-likeness (QED) is 0.649. The second-order valence-corrected chi connectivity index (χ2v) is 8.19. The number of hydrogen-bond acceptors (Lipinski definition) is 6. The Balaban J connectivity index is 1.63. The Labute approximate surface area is 150 Å². The van der Waals surface area contributed by atoms with Crippen molar-refractivity contribution < 1.29 is 31.9 Å². The van der Waals surface area contributed by atoms with Crippen molar-refractivity contribution in [3.8, 4) is 0 Å². The van der Waals surface area contributed by atoms with E-state index < -0.39 is 40.0 Å². The minimum atomic E-state index is -3.07. The molecular formula is C16H19FN2O6S. The molecule has 8 nitrogen and oxygen atoms in total. The zero-order chi connectivity index (χ0) is 19.2. The maximum Gasteiger partial charge on any atom is 0.306 e. The lowest BCUT2D eigenvalue weighted by molar-refractivity contribution is -0.149. The molecule has 0 spiro atoms. The van der Waals surface area contributed by atoms with Gasteiger partial charge in [-0.2, -0.15) is 0 Å². The molecule has 0 unspecified atom stereocenters. The van der Waals surface area contributed by atoms with Crippen LogP contribution in [0.1, 0.15) is 12.8 Å². The lowest BCUT2D eigenvalue weighted by Crippen LogP contribution is -2.35. The Morgan fingerprint density at radius 1 is 1.15 bits per heavy atom. The Bertz CT molecular complexity index is 778. The molecule has 2 N–H and O–H groups in total. The van der Waals surface area contributed by atoms with Gasteiger partial charge < -0.3 is 15.4 Å². The van der Waals surface area contributed by atoms with Crippen LogP contribution in [-0.2, 0) is 29.0 Å². The summed E-state index contributed by atoms with van der Waals surface area (Å²) in [6, 6.07) is 5.12. The fourth-order valence-corrected chi connectivity index (χ4v) is 4.30. The number of esters is 1. The van der Waals surface area contributed by atoms with Gasteiger partial charge in [0.25, 0.3) is 5.91 Å². The van der Waals surface area contributed by atoms with E-state index in [9.17, 15) is 27.2 Å². The molecule has 2 amide bonds. The average Bonchev–Trinajstić information content (AvgIpc) is 2.91. The van der Waals surface area contributed by atoms with Crippen LogP contribution in [0.3, 0.4) is 0 Å². The summed E-state index contributed by atoms with van der Waals surface area (Å²) in [7, 11) is -3.07. The van der Waals surface area contributed by atoms with Gasteiger partial charge >= 0.3 is 5.97 Å². The first-order valence-electron chi connectivity index (χ1n) is 7.92. The van der Waals surface area contributed by atoms with Crippen LogP contribution < -0.4 is 10.6 Å². The van der Waals surface area contributed by atoms with Crippen molar-refractivity contribution in [3.63, 3.8) is 0 Å². The highest BCUT2D eigenvalue weighted by molar-refractivity contribution is 7.91. The first kappa shape index (κ1) is 19.8. The molecule has 26 heavy (non-hydrogen) atoms. The summed E-state index contributed by atoms with van der Waals surface area (Å²) in [5, 5.41) is 4.74. The van der Waals surface area contributed by atoms with Gasteiger partial charge in [-0.1, -0.05) is 0 Å². The van der Waals surface area contributed by atoms with Crippen LogP contribution in [0.4, 0.5) is 10.1 Å². The summed E-state index contributed by atoms with van der Waals surface area (Å²) in [6.45, 7) is -0.892. The molecule has 1 heterocycles. The molecule has 1 aliphatic rings. The van der Waals surface area contributed by atoms with Crippen molar-refractivity contribution in [2.75, 3.05) is 30.0 Å². The molecule has 1 atom stereocenters. The third kappa shape index (κ3) is 6.79. The second kappa shape index (κ2) is 8.75. The molecule has 0 saturated carbocycles. The molecule has 0 aromatic heterocycles. The van der Waals surface area contributed by atoms with Gasteiger partial charge in [0.15, 0.2) is 16.4 Å². The van der Waals surface area contributed by atoms with E-state index in [1.165, 1.54) is 24.3 Å². The van der Waals surface area contributed by atoms with Gasteiger partial charge in [-0.25, -0.2) is 12.8 Å². The van der Waals surface area contributed by atoms with E-state index in [1.807, 2.05) is 0 Å². The zero-order valence-corrected chi connectivity index (χ0v) is 14.7. The number of amides is 2. The SMILES string of the molecule is O=C(COC(=O)C[C@@H]1CCS(=O)(=O)C1)NCC(=O)Nc1ccc(F)cc1. The summed E-state index contributed by atoms with van der Waals surface area (Å²) in [5.41, 5.74) is 0.378. The highest BCUT2D eigenvalue weighted by Gasteiger charge is 2.29. The molecule has 1 aromatic carbocycles. The molecule has 1 aromatic rings. The Morgan fingerprint density at radius 2 is 1.85 bits per heavy atom. The molecule has 0 radical (unpaired) electrons. The van der Waals surface area contributed by atoms with Crippen LogP contribution in [0.2, 0.25) is 0 Å². The van der Waals surface area contributed by atoms with E-state index >= 15 is 0 Å². The summed E-state index contributed by atoms with van der Waals surface area (Å²) in [6.07, 6.45) is 0.352. The second-order valence-electron chi connectivity index (χ2n) is 5.97. The number of ether oxygens (including phenoxy) is 1. The highest BCUT2D eigenvalue weighted by Crippen LogP contribution is 2.21. The molecule has 2 rings (SSSR count). The minimum Gasteiger partial charge on any atom is -0.456 e. The standard InChI is InChI=1S/C16H19FN2O6S/c17-12-1-3-13(4-2-12)19-14(20)8-18-15(21)9-25-16(22)7-11-5-6-26(23,24)10-11/h1-4,11H,5-10H2,(H,18,21)(H,19,20)/t11-/m0/s1. The number of carbonyl (C=O) groups is 3. The van der Waals surface area contributed by atoms with Gasteiger partial charge in [-0.05, 0) is 36.6 Å². The van der Waals surface area contributed by atoms with Crippen LogP contribution in [0.5, 0.6) is 0 Å². The third-order valence-electron chi connectivity index (χ3n) is 3.72. The van der Waals surface area contributed by atoms with Gasteiger partial charge in [0.05, 0.1) is 18.1 Å². The van der Waals surface area contributed by atoms with Crippen LogP contribution in [-0.4, -0.2) is 50.9 Å². The number of halogens is 1. The first-order valence-corrected chi connectivity index (χ1v) is 9.74. The van der Waals surface area contributed by atoms with E-state index in [-0.39, 0.29) is 30.4 Å². The van der Waals surface area contributed by atoms with E-state index in [0.29, 0.717) is 12.1 Å². The smallest absolute Gasteiger partial charge is 0.306 e. The Kier molecular flexibility index (Phi) is 6.67. The summed E-state index contributed by atoms with van der Waals surface area (Å²) >= 11 is 0. The van der Waals surface area contributed by atoms with E-state index in [0.717, 1.165) is 0 Å². The lowest BCUT2D eigenvalue weighted by Gasteiger charge is -2.09. The number of nitrogens with one attached hydrogen (secondary N) is 2. The van der Waals surface area contributed by atoms with Gasteiger partial charge in [0.1, 0.15) is 5.82 Å². The van der Waals surface area contributed by atoms with Crippen LogP contribution in [0, 0.1) is 11.7 Å². The van der Waals surface area contributed by atoms with Crippen molar-refractivity contribution in [1.29, 1.82) is 0 Å². The summed E-state index contributed by atoms with van der Waals surface area (Å²) < 4.78 is 40.2. The van der Waals surface area contributed by atoms with Gasteiger partial charge in [0.2, 0.25) is 5.91 Å². The molecule has 1 aliphatic heterocycles. The summed E-state index contributed by atoms with van der Waals surface area (Å²) in [5.74, 6) is -2.53. The monoisotopic (exact) mass is 386 g/mol. The molecule has 1 saturated heterocycles. The molecule has 10 heteroatoms. The molecular weight excluding hydrogens is 367 g/mol. The van der Waals surface area contributed by atoms with Gasteiger partial charge in [-0.15, -0.1) is 0 Å². The van der Waals surface area contributed by atoms with Gasteiger partial charge in [0, 0.05) is 12.1 Å². The molecule has 0 bridgehead atoms. The molecule has 142 valence electrons. The summed E-state index contributed by atoms with van der Waals surface area (Å²) in [4.78, 5) is 34.8. The number of hydrogen-bond donors (Lipinski definition) is 2. The van der Waals surface area contributed by atoms with Crippen molar-refractivity contribution in [3.05, 3.63) is 30.1 Å².